The zero-order valence-electron chi connectivity index (χ0n) is 11.3. The Bertz CT molecular complexity index is 289. The highest BCUT2D eigenvalue weighted by molar-refractivity contribution is 5.68. The van der Waals surface area contributed by atoms with Gasteiger partial charge in [0.1, 0.15) is 11.2 Å². The van der Waals surface area contributed by atoms with Gasteiger partial charge in [-0.15, -0.1) is 0 Å². The summed E-state index contributed by atoms with van der Waals surface area (Å²) in [6.07, 6.45) is -0.295. The summed E-state index contributed by atoms with van der Waals surface area (Å²) in [6, 6.07) is 0. The van der Waals surface area contributed by atoms with Crippen LogP contribution in [0.15, 0.2) is 0 Å². The average Bonchev–Trinajstić information content (AvgIpc) is 2.38. The smallest absolute Gasteiger partial charge is 0.410 e. The lowest BCUT2D eigenvalue weighted by molar-refractivity contribution is -0.0529. The fourth-order valence-corrected chi connectivity index (χ4v) is 1.76. The van der Waals surface area contributed by atoms with Gasteiger partial charge in [-0.3, -0.25) is 0 Å². The van der Waals surface area contributed by atoms with Crippen LogP contribution in [-0.4, -0.2) is 65.3 Å². The van der Waals surface area contributed by atoms with Gasteiger partial charge in [-0.05, 0) is 20.8 Å². The first-order chi connectivity index (χ1) is 8.26. The molecule has 1 atom stereocenters. The molecule has 2 N–H and O–H groups in total. The molecule has 0 saturated carbocycles. The van der Waals surface area contributed by atoms with Gasteiger partial charge in [0.2, 0.25) is 0 Å². The van der Waals surface area contributed by atoms with E-state index in [4.69, 9.17) is 14.6 Å². The van der Waals surface area contributed by atoms with Crippen molar-refractivity contribution in [3.05, 3.63) is 0 Å². The van der Waals surface area contributed by atoms with Crippen LogP contribution < -0.4 is 0 Å². The summed E-state index contributed by atoms with van der Waals surface area (Å²) in [5.74, 6) is 0. The van der Waals surface area contributed by atoms with Crippen molar-refractivity contribution in [1.82, 2.24) is 4.90 Å². The summed E-state index contributed by atoms with van der Waals surface area (Å²) < 4.78 is 10.5. The van der Waals surface area contributed by atoms with Gasteiger partial charge in [0.25, 0.3) is 0 Å². The fraction of sp³-hybridized carbons (Fsp3) is 0.917. The van der Waals surface area contributed by atoms with Crippen molar-refractivity contribution in [2.75, 3.05) is 32.9 Å². The maximum absolute atomic E-state index is 11.9. The van der Waals surface area contributed by atoms with Crippen LogP contribution in [0, 0.1) is 0 Å². The lowest BCUT2D eigenvalue weighted by Gasteiger charge is -2.31. The topological polar surface area (TPSA) is 79.2 Å². The molecule has 0 aromatic rings. The number of hydrogen-bond donors (Lipinski definition) is 2. The summed E-state index contributed by atoms with van der Waals surface area (Å²) in [5, 5.41) is 19.2. The van der Waals surface area contributed by atoms with E-state index < -0.39 is 17.3 Å². The molecule has 0 aromatic carbocycles. The van der Waals surface area contributed by atoms with Crippen LogP contribution in [0.5, 0.6) is 0 Å². The fourth-order valence-electron chi connectivity index (χ4n) is 1.76. The van der Waals surface area contributed by atoms with Crippen molar-refractivity contribution in [3.8, 4) is 0 Å². The molecule has 1 aliphatic heterocycles. The number of carbonyl (C=O) groups is 1. The van der Waals surface area contributed by atoms with Crippen molar-refractivity contribution < 1.29 is 24.5 Å². The molecule has 1 aliphatic rings. The van der Waals surface area contributed by atoms with Crippen LogP contribution in [0.4, 0.5) is 4.79 Å². The van der Waals surface area contributed by atoms with Gasteiger partial charge in [0.15, 0.2) is 0 Å². The molecule has 1 amide bonds. The van der Waals surface area contributed by atoms with Crippen molar-refractivity contribution in [3.63, 3.8) is 0 Å². The molecule has 1 rings (SSSR count). The maximum Gasteiger partial charge on any atom is 0.410 e. The van der Waals surface area contributed by atoms with Crippen LogP contribution in [-0.2, 0) is 9.47 Å². The summed E-state index contributed by atoms with van der Waals surface area (Å²) in [6.45, 7) is 6.18. The zero-order valence-corrected chi connectivity index (χ0v) is 11.3. The van der Waals surface area contributed by atoms with Crippen LogP contribution in [0.1, 0.15) is 27.2 Å². The number of ether oxygens (including phenoxy) is 2. The van der Waals surface area contributed by atoms with E-state index in [0.717, 1.165) is 0 Å². The first kappa shape index (κ1) is 15.2. The van der Waals surface area contributed by atoms with Crippen molar-refractivity contribution in [2.45, 2.75) is 38.4 Å². The maximum atomic E-state index is 11.9. The summed E-state index contributed by atoms with van der Waals surface area (Å²) >= 11 is 0. The number of carbonyl (C=O) groups excluding carboxylic acids is 1. The molecule has 6 nitrogen and oxygen atoms in total. The van der Waals surface area contributed by atoms with E-state index in [1.807, 2.05) is 0 Å². The third-order valence-corrected chi connectivity index (χ3v) is 2.59. The van der Waals surface area contributed by atoms with Gasteiger partial charge >= 0.3 is 6.09 Å². The minimum Gasteiger partial charge on any atom is -0.444 e. The Kier molecular flexibility index (Phi) is 4.95. The molecular formula is C12H23NO5. The molecule has 0 radical (unpaired) electrons. The SMILES string of the molecule is CC(C)(C)OC(=O)N1CCOCC(O)(CCO)C1. The van der Waals surface area contributed by atoms with E-state index in [2.05, 4.69) is 0 Å². The van der Waals surface area contributed by atoms with Crippen LogP contribution in [0.25, 0.3) is 0 Å². The highest BCUT2D eigenvalue weighted by Gasteiger charge is 2.35. The highest BCUT2D eigenvalue weighted by Crippen LogP contribution is 2.18. The molecule has 0 bridgehead atoms. The second-order valence-electron chi connectivity index (χ2n) is 5.65. The van der Waals surface area contributed by atoms with E-state index in [1.54, 1.807) is 20.8 Å². The number of β-amino-alcohol motifs (C(OH)–C–C–N with tert-alkyl or cyclic N) is 1. The number of rotatable bonds is 2. The predicted molar refractivity (Wildman–Crippen MR) is 65.3 cm³/mol. The van der Waals surface area contributed by atoms with Gasteiger partial charge in [0.05, 0.1) is 19.8 Å². The number of aliphatic hydroxyl groups is 2. The van der Waals surface area contributed by atoms with E-state index in [9.17, 15) is 9.90 Å². The molecule has 18 heavy (non-hydrogen) atoms. The zero-order chi connectivity index (χ0) is 13.8. The molecule has 1 unspecified atom stereocenters. The second-order valence-corrected chi connectivity index (χ2v) is 5.65. The Hall–Kier alpha value is -0.850. The normalized spacial score (nSPS) is 25.7. The van der Waals surface area contributed by atoms with Gasteiger partial charge in [-0.2, -0.15) is 0 Å². The Morgan fingerprint density at radius 3 is 2.72 bits per heavy atom. The van der Waals surface area contributed by atoms with Gasteiger partial charge in [-0.25, -0.2) is 4.79 Å². The highest BCUT2D eigenvalue weighted by atomic mass is 16.6. The average molecular weight is 261 g/mol. The Morgan fingerprint density at radius 1 is 1.50 bits per heavy atom. The number of nitrogens with zero attached hydrogens (tertiary/aromatic N) is 1. The third kappa shape index (κ3) is 4.80. The van der Waals surface area contributed by atoms with E-state index in [0.29, 0.717) is 13.2 Å². The van der Waals surface area contributed by atoms with Crippen LogP contribution >= 0.6 is 0 Å². The standard InChI is InChI=1S/C12H23NO5/c1-11(2,3)18-10(15)13-5-7-17-9-12(16,8-13)4-6-14/h14,16H,4-9H2,1-3H3. The second kappa shape index (κ2) is 5.86. The van der Waals surface area contributed by atoms with E-state index >= 15 is 0 Å². The van der Waals surface area contributed by atoms with Crippen LogP contribution in [0.2, 0.25) is 0 Å². The Labute approximate surface area is 107 Å². The van der Waals surface area contributed by atoms with Crippen molar-refractivity contribution in [2.24, 2.45) is 0 Å². The Balaban J connectivity index is 2.67. The van der Waals surface area contributed by atoms with Crippen molar-refractivity contribution >= 4 is 6.09 Å². The lowest BCUT2D eigenvalue weighted by atomic mass is 10.0. The molecule has 0 aliphatic carbocycles. The molecule has 106 valence electrons. The summed E-state index contributed by atoms with van der Waals surface area (Å²) in [5.41, 5.74) is -1.78. The molecule has 6 heteroatoms. The molecule has 0 spiro atoms. The molecule has 1 saturated heterocycles. The molecular weight excluding hydrogens is 238 g/mol. The van der Waals surface area contributed by atoms with Gasteiger partial charge in [-0.1, -0.05) is 0 Å². The number of aliphatic hydroxyl groups excluding tert-OH is 1. The largest absolute Gasteiger partial charge is 0.444 e. The van der Waals surface area contributed by atoms with E-state index in [1.165, 1.54) is 4.90 Å². The lowest BCUT2D eigenvalue weighted by Crippen LogP contribution is -2.48. The van der Waals surface area contributed by atoms with Gasteiger partial charge in [0, 0.05) is 19.6 Å². The van der Waals surface area contributed by atoms with Crippen LogP contribution in [0.3, 0.4) is 0 Å². The third-order valence-electron chi connectivity index (χ3n) is 2.59. The number of hydrogen-bond acceptors (Lipinski definition) is 5. The minimum atomic E-state index is -1.21. The molecule has 1 heterocycles. The number of amides is 1. The van der Waals surface area contributed by atoms with Gasteiger partial charge < -0.3 is 24.6 Å². The Morgan fingerprint density at radius 2 is 2.17 bits per heavy atom. The predicted octanol–water partition coefficient (Wildman–Crippen LogP) is 0.367. The van der Waals surface area contributed by atoms with Crippen molar-refractivity contribution in [1.29, 1.82) is 0 Å². The summed E-state index contributed by atoms with van der Waals surface area (Å²) in [4.78, 5) is 13.4. The summed E-state index contributed by atoms with van der Waals surface area (Å²) in [7, 11) is 0. The molecule has 1 fully saturated rings. The quantitative estimate of drug-likeness (QED) is 0.750. The van der Waals surface area contributed by atoms with E-state index in [-0.39, 0.29) is 26.2 Å². The first-order valence-electron chi connectivity index (χ1n) is 6.15. The first-order valence-corrected chi connectivity index (χ1v) is 6.15. The molecule has 0 aromatic heterocycles. The monoisotopic (exact) mass is 261 g/mol. The minimum absolute atomic E-state index is 0.114.